The van der Waals surface area contributed by atoms with E-state index in [1.165, 1.54) is 0 Å². The molecule has 0 spiro atoms. The molecule has 0 saturated carbocycles. The second-order valence-electron chi connectivity index (χ2n) is 7.13. The molecule has 2 aromatic rings. The number of nitrogens with zero attached hydrogens (tertiary/aromatic N) is 2. The zero-order valence-electron chi connectivity index (χ0n) is 16.8. The minimum Gasteiger partial charge on any atom is -0.497 e. The summed E-state index contributed by atoms with van der Waals surface area (Å²) in [5, 5.41) is 15.2. The number of aliphatic hydroxyl groups excluding tert-OH is 1. The first-order chi connectivity index (χ1) is 14.1. The molecular weight excluding hydrogens is 392 g/mol. The molecule has 2 unspecified atom stereocenters. The SMILES string of the molecule is COCC(O)CN(Cc1cccc(OC)c1)CC1CC(c2ccc(Cl)cc2)=NO1. The van der Waals surface area contributed by atoms with Crippen molar-refractivity contribution in [2.75, 3.05) is 33.9 Å². The average molecular weight is 419 g/mol. The van der Waals surface area contributed by atoms with Crippen molar-refractivity contribution in [2.24, 2.45) is 5.16 Å². The van der Waals surface area contributed by atoms with E-state index in [2.05, 4.69) is 10.1 Å². The summed E-state index contributed by atoms with van der Waals surface area (Å²) in [6.45, 7) is 2.06. The van der Waals surface area contributed by atoms with Crippen molar-refractivity contribution < 1.29 is 19.4 Å². The minimum atomic E-state index is -0.580. The van der Waals surface area contributed by atoms with E-state index >= 15 is 0 Å². The van der Waals surface area contributed by atoms with E-state index in [1.807, 2.05) is 48.5 Å². The molecule has 1 aliphatic rings. The fourth-order valence-corrected chi connectivity index (χ4v) is 3.53. The third-order valence-electron chi connectivity index (χ3n) is 4.74. The molecule has 3 rings (SSSR count). The molecule has 0 saturated heterocycles. The topological polar surface area (TPSA) is 63.5 Å². The fraction of sp³-hybridized carbons (Fsp3) is 0.409. The zero-order valence-corrected chi connectivity index (χ0v) is 17.5. The van der Waals surface area contributed by atoms with E-state index < -0.39 is 6.10 Å². The Morgan fingerprint density at radius 2 is 2.03 bits per heavy atom. The molecule has 0 radical (unpaired) electrons. The molecule has 156 valence electrons. The Balaban J connectivity index is 1.64. The number of hydrogen-bond acceptors (Lipinski definition) is 6. The van der Waals surface area contributed by atoms with Gasteiger partial charge in [0.15, 0.2) is 0 Å². The van der Waals surface area contributed by atoms with E-state index in [0.29, 0.717) is 31.1 Å². The lowest BCUT2D eigenvalue weighted by Gasteiger charge is -2.27. The molecule has 6 nitrogen and oxygen atoms in total. The highest BCUT2D eigenvalue weighted by molar-refractivity contribution is 6.30. The van der Waals surface area contributed by atoms with Crippen LogP contribution in [0.1, 0.15) is 17.5 Å². The van der Waals surface area contributed by atoms with E-state index in [4.69, 9.17) is 25.9 Å². The Morgan fingerprint density at radius 3 is 2.76 bits per heavy atom. The lowest BCUT2D eigenvalue weighted by Crippen LogP contribution is -2.39. The Labute approximate surface area is 176 Å². The van der Waals surface area contributed by atoms with Gasteiger partial charge < -0.3 is 19.4 Å². The van der Waals surface area contributed by atoms with Crippen LogP contribution in [0.3, 0.4) is 0 Å². The lowest BCUT2D eigenvalue weighted by molar-refractivity contribution is 0.00920. The lowest BCUT2D eigenvalue weighted by atomic mass is 10.0. The Morgan fingerprint density at radius 1 is 1.24 bits per heavy atom. The monoisotopic (exact) mass is 418 g/mol. The predicted octanol–water partition coefficient (Wildman–Crippen LogP) is 3.35. The summed E-state index contributed by atoms with van der Waals surface area (Å²) in [6.07, 6.45) is 0.0427. The van der Waals surface area contributed by atoms with Gasteiger partial charge in [-0.15, -0.1) is 0 Å². The molecule has 1 heterocycles. The second kappa shape index (κ2) is 10.6. The number of halogens is 1. The first-order valence-corrected chi connectivity index (χ1v) is 9.96. The van der Waals surface area contributed by atoms with Gasteiger partial charge in [0.25, 0.3) is 0 Å². The minimum absolute atomic E-state index is 0.0824. The van der Waals surface area contributed by atoms with Gasteiger partial charge in [0.05, 0.1) is 25.5 Å². The number of oxime groups is 1. The molecule has 0 fully saturated rings. The number of methoxy groups -OCH3 is 2. The van der Waals surface area contributed by atoms with Gasteiger partial charge in [-0.05, 0) is 35.4 Å². The molecule has 2 aromatic carbocycles. The van der Waals surface area contributed by atoms with Crippen LogP contribution in [-0.4, -0.2) is 61.8 Å². The van der Waals surface area contributed by atoms with Gasteiger partial charge in [-0.1, -0.05) is 41.0 Å². The molecule has 0 aromatic heterocycles. The third kappa shape index (κ3) is 6.44. The summed E-state index contributed by atoms with van der Waals surface area (Å²) in [7, 11) is 3.24. The van der Waals surface area contributed by atoms with Crippen molar-refractivity contribution in [1.82, 2.24) is 4.90 Å². The maximum atomic E-state index is 10.3. The van der Waals surface area contributed by atoms with E-state index in [1.54, 1.807) is 14.2 Å². The summed E-state index contributed by atoms with van der Waals surface area (Å²) < 4.78 is 10.4. The van der Waals surface area contributed by atoms with Crippen molar-refractivity contribution in [2.45, 2.75) is 25.2 Å². The number of benzene rings is 2. The molecule has 0 aliphatic carbocycles. The molecule has 7 heteroatoms. The maximum Gasteiger partial charge on any atom is 0.145 e. The molecule has 29 heavy (non-hydrogen) atoms. The van der Waals surface area contributed by atoms with Gasteiger partial charge >= 0.3 is 0 Å². The van der Waals surface area contributed by atoms with Crippen LogP contribution in [-0.2, 0) is 16.1 Å². The normalized spacial score (nSPS) is 17.1. The van der Waals surface area contributed by atoms with Crippen molar-refractivity contribution in [3.05, 3.63) is 64.7 Å². The van der Waals surface area contributed by atoms with Crippen LogP contribution < -0.4 is 4.74 Å². The van der Waals surface area contributed by atoms with Gasteiger partial charge in [0.2, 0.25) is 0 Å². The van der Waals surface area contributed by atoms with Gasteiger partial charge in [0.1, 0.15) is 11.9 Å². The number of hydrogen-bond donors (Lipinski definition) is 1. The van der Waals surface area contributed by atoms with E-state index in [-0.39, 0.29) is 12.7 Å². The van der Waals surface area contributed by atoms with Gasteiger partial charge in [-0.3, -0.25) is 4.90 Å². The quantitative estimate of drug-likeness (QED) is 0.641. The summed E-state index contributed by atoms with van der Waals surface area (Å²) in [4.78, 5) is 7.84. The molecule has 0 bridgehead atoms. The van der Waals surface area contributed by atoms with Gasteiger partial charge in [-0.25, -0.2) is 0 Å². The second-order valence-corrected chi connectivity index (χ2v) is 7.57. The van der Waals surface area contributed by atoms with Crippen LogP contribution in [0.25, 0.3) is 0 Å². The van der Waals surface area contributed by atoms with Gasteiger partial charge in [-0.2, -0.15) is 0 Å². The smallest absolute Gasteiger partial charge is 0.145 e. The van der Waals surface area contributed by atoms with Crippen LogP contribution >= 0.6 is 11.6 Å². The number of ether oxygens (including phenoxy) is 2. The first-order valence-electron chi connectivity index (χ1n) is 9.58. The van der Waals surface area contributed by atoms with Crippen LogP contribution in [0, 0.1) is 0 Å². The zero-order chi connectivity index (χ0) is 20.6. The Bertz CT molecular complexity index is 813. The van der Waals surface area contributed by atoms with Gasteiger partial charge in [0, 0.05) is 38.2 Å². The fourth-order valence-electron chi connectivity index (χ4n) is 3.40. The Kier molecular flexibility index (Phi) is 7.89. The van der Waals surface area contributed by atoms with Crippen molar-refractivity contribution in [1.29, 1.82) is 0 Å². The standard InChI is InChI=1S/C22H27ClN2O4/c1-27-15-19(26)13-25(12-16-4-3-5-20(10-16)28-2)14-21-11-22(24-29-21)17-6-8-18(23)9-7-17/h3-10,19,21,26H,11-15H2,1-2H3. The summed E-state index contributed by atoms with van der Waals surface area (Å²) in [5.74, 6) is 0.811. The van der Waals surface area contributed by atoms with Crippen molar-refractivity contribution in [3.63, 3.8) is 0 Å². The highest BCUT2D eigenvalue weighted by atomic mass is 35.5. The van der Waals surface area contributed by atoms with Crippen molar-refractivity contribution in [3.8, 4) is 5.75 Å². The Hall–Kier alpha value is -2.12. The van der Waals surface area contributed by atoms with Crippen LogP contribution in [0.4, 0.5) is 0 Å². The summed E-state index contributed by atoms with van der Waals surface area (Å²) >= 11 is 5.97. The van der Waals surface area contributed by atoms with E-state index in [0.717, 1.165) is 22.6 Å². The highest BCUT2D eigenvalue weighted by Crippen LogP contribution is 2.21. The summed E-state index contributed by atoms with van der Waals surface area (Å²) in [5.41, 5.74) is 3.02. The van der Waals surface area contributed by atoms with Crippen LogP contribution in [0.5, 0.6) is 5.75 Å². The van der Waals surface area contributed by atoms with Crippen LogP contribution in [0.15, 0.2) is 53.7 Å². The average Bonchev–Trinajstić information content (AvgIpc) is 3.17. The molecule has 1 N–H and O–H groups in total. The third-order valence-corrected chi connectivity index (χ3v) is 4.99. The first kappa shape index (κ1) is 21.6. The van der Waals surface area contributed by atoms with Crippen LogP contribution in [0.2, 0.25) is 5.02 Å². The molecular formula is C22H27ClN2O4. The molecule has 1 aliphatic heterocycles. The predicted molar refractivity (Wildman–Crippen MR) is 114 cm³/mol. The van der Waals surface area contributed by atoms with Crippen molar-refractivity contribution >= 4 is 17.3 Å². The molecule has 0 amide bonds. The largest absolute Gasteiger partial charge is 0.497 e. The maximum absolute atomic E-state index is 10.3. The highest BCUT2D eigenvalue weighted by Gasteiger charge is 2.25. The van der Waals surface area contributed by atoms with E-state index in [9.17, 15) is 5.11 Å². The molecule has 2 atom stereocenters. The number of rotatable bonds is 10. The summed E-state index contributed by atoms with van der Waals surface area (Å²) in [6, 6.07) is 15.5. The number of aliphatic hydroxyl groups is 1.